The van der Waals surface area contributed by atoms with Gasteiger partial charge in [0.05, 0.1) is 23.7 Å². The molecule has 1 amide bonds. The quantitative estimate of drug-likeness (QED) is 0.645. The topological polar surface area (TPSA) is 93.2 Å². The van der Waals surface area contributed by atoms with Crippen molar-refractivity contribution in [3.63, 3.8) is 0 Å². The number of sulfonamides is 1. The number of nitrogens with zero attached hydrogens (tertiary/aromatic N) is 2. The Morgan fingerprint density at radius 3 is 2.66 bits per heavy atom. The highest BCUT2D eigenvalue weighted by Gasteiger charge is 2.28. The summed E-state index contributed by atoms with van der Waals surface area (Å²) in [7, 11) is -3.71. The van der Waals surface area contributed by atoms with Gasteiger partial charge >= 0.3 is 5.97 Å². The number of ether oxygens (including phenoxy) is 2. The molecule has 1 aromatic carbocycles. The lowest BCUT2D eigenvalue weighted by molar-refractivity contribution is -0.138. The van der Waals surface area contributed by atoms with Gasteiger partial charge in [0.1, 0.15) is 0 Å². The molecule has 0 N–H and O–H groups in total. The molecular formula is C20H28N2O6S. The first-order valence-corrected chi connectivity index (χ1v) is 11.5. The van der Waals surface area contributed by atoms with Gasteiger partial charge in [-0.05, 0) is 43.9 Å². The summed E-state index contributed by atoms with van der Waals surface area (Å²) in [6.07, 6.45) is 3.91. The van der Waals surface area contributed by atoms with E-state index < -0.39 is 16.0 Å². The van der Waals surface area contributed by atoms with Crippen LogP contribution in [-0.4, -0.2) is 75.0 Å². The fourth-order valence-electron chi connectivity index (χ4n) is 3.77. The molecule has 160 valence electrons. The summed E-state index contributed by atoms with van der Waals surface area (Å²) in [5, 5.41) is 0. The molecule has 29 heavy (non-hydrogen) atoms. The van der Waals surface area contributed by atoms with Crippen LogP contribution in [-0.2, 0) is 24.3 Å². The summed E-state index contributed by atoms with van der Waals surface area (Å²) in [6.45, 7) is 3.64. The molecule has 2 heterocycles. The van der Waals surface area contributed by atoms with Crippen LogP contribution in [0.5, 0.6) is 0 Å². The number of carbonyl (C=O) groups excluding carboxylic acids is 2. The van der Waals surface area contributed by atoms with Crippen LogP contribution in [0.1, 0.15) is 43.0 Å². The Bertz CT molecular complexity index is 835. The molecule has 9 heteroatoms. The van der Waals surface area contributed by atoms with Crippen LogP contribution in [0.15, 0.2) is 29.2 Å². The Morgan fingerprint density at radius 1 is 1.17 bits per heavy atom. The van der Waals surface area contributed by atoms with Crippen molar-refractivity contribution in [2.24, 2.45) is 0 Å². The number of piperidine rings is 1. The molecule has 2 aliphatic rings. The standard InChI is InChI=1S/C20H28N2O6S/c1-2-17-7-3-4-9-22(17)19(23)15-28-20(24)16-6-5-8-18(14-16)29(25,26)21-10-12-27-13-11-21/h5-6,8,14,17H,2-4,7,9-13,15H2,1H3/t17-/m0/s1. The molecule has 2 aliphatic heterocycles. The first-order valence-electron chi connectivity index (χ1n) is 10.1. The van der Waals surface area contributed by atoms with Crippen molar-refractivity contribution in [3.05, 3.63) is 29.8 Å². The van der Waals surface area contributed by atoms with E-state index in [0.29, 0.717) is 19.8 Å². The number of carbonyl (C=O) groups is 2. The zero-order valence-electron chi connectivity index (χ0n) is 16.7. The molecule has 1 aromatic rings. The summed E-state index contributed by atoms with van der Waals surface area (Å²) in [5.41, 5.74) is 0.109. The molecule has 0 spiro atoms. The van der Waals surface area contributed by atoms with Crippen molar-refractivity contribution in [2.45, 2.75) is 43.5 Å². The first kappa shape index (κ1) is 21.7. The molecule has 0 saturated carbocycles. The minimum absolute atomic E-state index is 0.0299. The van der Waals surface area contributed by atoms with Crippen LogP contribution in [0.4, 0.5) is 0 Å². The number of likely N-dealkylation sites (tertiary alicyclic amines) is 1. The van der Waals surface area contributed by atoms with Gasteiger partial charge in [-0.3, -0.25) is 4.79 Å². The molecule has 2 saturated heterocycles. The lowest BCUT2D eigenvalue weighted by atomic mass is 10.00. The minimum Gasteiger partial charge on any atom is -0.452 e. The zero-order valence-corrected chi connectivity index (χ0v) is 17.5. The Morgan fingerprint density at radius 2 is 1.93 bits per heavy atom. The highest BCUT2D eigenvalue weighted by atomic mass is 32.2. The fraction of sp³-hybridized carbons (Fsp3) is 0.600. The number of esters is 1. The van der Waals surface area contributed by atoms with Crippen LogP contribution >= 0.6 is 0 Å². The maximum atomic E-state index is 12.8. The van der Waals surface area contributed by atoms with E-state index in [2.05, 4.69) is 0 Å². The SMILES string of the molecule is CC[C@H]1CCCCN1C(=O)COC(=O)c1cccc(S(=O)(=O)N2CCOCC2)c1. The molecule has 1 atom stereocenters. The van der Waals surface area contributed by atoms with Crippen LogP contribution < -0.4 is 0 Å². The number of benzene rings is 1. The van der Waals surface area contributed by atoms with E-state index in [-0.39, 0.29) is 42.1 Å². The minimum atomic E-state index is -3.71. The number of hydrogen-bond donors (Lipinski definition) is 0. The Hall–Kier alpha value is -1.97. The summed E-state index contributed by atoms with van der Waals surface area (Å²) in [4.78, 5) is 26.7. The van der Waals surface area contributed by atoms with Gasteiger partial charge in [0.25, 0.3) is 5.91 Å². The van der Waals surface area contributed by atoms with Crippen LogP contribution in [0.25, 0.3) is 0 Å². The van der Waals surface area contributed by atoms with Gasteiger partial charge in [0, 0.05) is 25.7 Å². The highest BCUT2D eigenvalue weighted by Crippen LogP contribution is 2.21. The molecular weight excluding hydrogens is 396 g/mol. The lowest BCUT2D eigenvalue weighted by Gasteiger charge is -2.35. The third-order valence-electron chi connectivity index (χ3n) is 5.42. The van der Waals surface area contributed by atoms with Gasteiger partial charge in [0.2, 0.25) is 10.0 Å². The molecule has 0 bridgehead atoms. The first-order chi connectivity index (χ1) is 13.9. The van der Waals surface area contributed by atoms with Gasteiger partial charge in [0.15, 0.2) is 6.61 Å². The predicted octanol–water partition coefficient (Wildman–Crippen LogP) is 1.66. The van der Waals surface area contributed by atoms with Crippen molar-refractivity contribution in [3.8, 4) is 0 Å². The van der Waals surface area contributed by atoms with Crippen molar-refractivity contribution < 1.29 is 27.5 Å². The zero-order chi connectivity index (χ0) is 20.9. The number of amides is 1. The highest BCUT2D eigenvalue weighted by molar-refractivity contribution is 7.89. The summed E-state index contributed by atoms with van der Waals surface area (Å²) in [5.74, 6) is -0.913. The molecule has 8 nitrogen and oxygen atoms in total. The summed E-state index contributed by atoms with van der Waals surface area (Å²) < 4.78 is 37.2. The van der Waals surface area contributed by atoms with Crippen molar-refractivity contribution >= 4 is 21.9 Å². The third kappa shape index (κ3) is 5.15. The van der Waals surface area contributed by atoms with E-state index in [4.69, 9.17) is 9.47 Å². The molecule has 2 fully saturated rings. The van der Waals surface area contributed by atoms with Crippen LogP contribution in [0, 0.1) is 0 Å². The summed E-state index contributed by atoms with van der Waals surface area (Å²) in [6, 6.07) is 5.93. The molecule has 0 aromatic heterocycles. The lowest BCUT2D eigenvalue weighted by Crippen LogP contribution is -2.45. The van der Waals surface area contributed by atoms with E-state index in [1.807, 2.05) is 6.92 Å². The molecule has 3 rings (SSSR count). The smallest absolute Gasteiger partial charge is 0.338 e. The monoisotopic (exact) mass is 424 g/mol. The number of morpholine rings is 1. The van der Waals surface area contributed by atoms with Gasteiger partial charge in [-0.25, -0.2) is 13.2 Å². The Labute approximate surface area is 171 Å². The van der Waals surface area contributed by atoms with Crippen molar-refractivity contribution in [2.75, 3.05) is 39.5 Å². The largest absolute Gasteiger partial charge is 0.452 e. The second-order valence-corrected chi connectivity index (χ2v) is 9.20. The van der Waals surface area contributed by atoms with Gasteiger partial charge < -0.3 is 14.4 Å². The van der Waals surface area contributed by atoms with E-state index >= 15 is 0 Å². The Kier molecular flexibility index (Phi) is 7.26. The normalized spacial score (nSPS) is 21.0. The van der Waals surface area contributed by atoms with Crippen LogP contribution in [0.2, 0.25) is 0 Å². The second-order valence-electron chi connectivity index (χ2n) is 7.27. The molecule has 0 unspecified atom stereocenters. The van der Waals surface area contributed by atoms with Crippen molar-refractivity contribution in [1.29, 1.82) is 0 Å². The van der Waals surface area contributed by atoms with E-state index in [9.17, 15) is 18.0 Å². The average Bonchev–Trinajstić information content (AvgIpc) is 2.77. The van der Waals surface area contributed by atoms with E-state index in [0.717, 1.165) is 25.7 Å². The maximum absolute atomic E-state index is 12.8. The van der Waals surface area contributed by atoms with Crippen LogP contribution in [0.3, 0.4) is 0 Å². The number of hydrogen-bond acceptors (Lipinski definition) is 6. The van der Waals surface area contributed by atoms with E-state index in [1.165, 1.54) is 28.6 Å². The fourth-order valence-corrected chi connectivity index (χ4v) is 5.22. The number of rotatable bonds is 6. The molecule has 0 aliphatic carbocycles. The second kappa shape index (κ2) is 9.69. The van der Waals surface area contributed by atoms with Crippen molar-refractivity contribution in [1.82, 2.24) is 9.21 Å². The average molecular weight is 425 g/mol. The third-order valence-corrected chi connectivity index (χ3v) is 7.32. The van der Waals surface area contributed by atoms with E-state index in [1.54, 1.807) is 4.90 Å². The Balaban J connectivity index is 1.64. The molecule has 0 radical (unpaired) electrons. The van der Waals surface area contributed by atoms with Gasteiger partial charge in [-0.1, -0.05) is 13.0 Å². The predicted molar refractivity (Wildman–Crippen MR) is 106 cm³/mol. The van der Waals surface area contributed by atoms with Gasteiger partial charge in [-0.15, -0.1) is 0 Å². The summed E-state index contributed by atoms with van der Waals surface area (Å²) >= 11 is 0. The van der Waals surface area contributed by atoms with Gasteiger partial charge in [-0.2, -0.15) is 4.31 Å². The maximum Gasteiger partial charge on any atom is 0.338 e.